The third-order valence-electron chi connectivity index (χ3n) is 7.03. The molecule has 4 nitrogen and oxygen atoms in total. The smallest absolute Gasteiger partial charge is 0.115 e. The molecule has 1 fully saturated rings. The summed E-state index contributed by atoms with van der Waals surface area (Å²) in [6, 6.07) is 18.0. The molecule has 5 heteroatoms. The molecule has 31 heavy (non-hydrogen) atoms. The van der Waals surface area contributed by atoms with Crippen molar-refractivity contribution in [1.29, 1.82) is 0 Å². The van der Waals surface area contributed by atoms with Crippen molar-refractivity contribution in [3.05, 3.63) is 82.9 Å². The molecule has 0 aliphatic carbocycles. The zero-order chi connectivity index (χ0) is 21.2. The van der Waals surface area contributed by atoms with Gasteiger partial charge >= 0.3 is 0 Å². The molecule has 1 atom stereocenters. The minimum Gasteiger partial charge on any atom is -0.296 e. The van der Waals surface area contributed by atoms with Gasteiger partial charge in [-0.05, 0) is 60.6 Å². The van der Waals surface area contributed by atoms with Crippen molar-refractivity contribution in [2.45, 2.75) is 44.8 Å². The summed E-state index contributed by atoms with van der Waals surface area (Å²) in [6.45, 7) is 6.71. The van der Waals surface area contributed by atoms with E-state index in [0.29, 0.717) is 12.1 Å². The van der Waals surface area contributed by atoms with Gasteiger partial charge in [0, 0.05) is 49.5 Å². The highest BCUT2D eigenvalue weighted by Crippen LogP contribution is 2.34. The van der Waals surface area contributed by atoms with Crippen molar-refractivity contribution in [2.24, 2.45) is 0 Å². The molecular formula is C26H29ClN4. The van der Waals surface area contributed by atoms with Gasteiger partial charge in [-0.2, -0.15) is 0 Å². The van der Waals surface area contributed by atoms with Crippen LogP contribution >= 0.6 is 11.6 Å². The molecule has 0 bridgehead atoms. The Balaban J connectivity index is 1.26. The number of piperidine rings is 1. The lowest BCUT2D eigenvalue weighted by Crippen LogP contribution is -2.47. The van der Waals surface area contributed by atoms with Crippen LogP contribution in [0.2, 0.25) is 5.02 Å². The highest BCUT2D eigenvalue weighted by atomic mass is 35.5. The molecule has 1 unspecified atom stereocenters. The fraction of sp³-hybridized carbons (Fsp3) is 0.385. The van der Waals surface area contributed by atoms with Crippen molar-refractivity contribution in [3.8, 4) is 11.1 Å². The fourth-order valence-electron chi connectivity index (χ4n) is 5.17. The van der Waals surface area contributed by atoms with E-state index in [9.17, 15) is 0 Å². The molecule has 1 aromatic heterocycles. The molecule has 1 saturated heterocycles. The Labute approximate surface area is 189 Å². The number of benzene rings is 2. The number of halogens is 1. The zero-order valence-electron chi connectivity index (χ0n) is 18.0. The molecule has 0 saturated carbocycles. The van der Waals surface area contributed by atoms with Crippen molar-refractivity contribution in [2.75, 3.05) is 19.6 Å². The van der Waals surface area contributed by atoms with Crippen LogP contribution in [0, 0.1) is 0 Å². The monoisotopic (exact) mass is 432 g/mol. The lowest BCUT2D eigenvalue weighted by atomic mass is 9.92. The number of fused-ring (bicyclic) bond motifs is 1. The van der Waals surface area contributed by atoms with E-state index in [-0.39, 0.29) is 0 Å². The second-order valence-corrected chi connectivity index (χ2v) is 9.19. The number of aromatic nitrogens is 2. The van der Waals surface area contributed by atoms with Crippen LogP contribution in [0.3, 0.4) is 0 Å². The van der Waals surface area contributed by atoms with Crippen molar-refractivity contribution in [3.63, 3.8) is 0 Å². The van der Waals surface area contributed by atoms with Gasteiger partial charge in [-0.25, -0.2) is 9.97 Å². The fourth-order valence-corrected chi connectivity index (χ4v) is 5.30. The van der Waals surface area contributed by atoms with Gasteiger partial charge in [-0.3, -0.25) is 9.80 Å². The first-order chi connectivity index (χ1) is 15.2. The van der Waals surface area contributed by atoms with Gasteiger partial charge in [-0.1, -0.05) is 48.0 Å². The third-order valence-corrected chi connectivity index (χ3v) is 7.28. The molecule has 0 N–H and O–H groups in total. The first-order valence-corrected chi connectivity index (χ1v) is 11.7. The number of likely N-dealkylation sites (tertiary alicyclic amines) is 1. The maximum atomic E-state index is 6.11. The number of hydrogen-bond donors (Lipinski definition) is 0. The SMILES string of the molecule is CC(c1ccccc1-c1ccc(Cl)cc1)N1CCC(N2CCc3cncnc3C2)CC1. The Hall–Kier alpha value is -2.27. The molecule has 2 aromatic carbocycles. The standard InChI is InChI=1S/C26H29ClN4/c1-19(24-4-2-3-5-25(24)20-6-8-22(27)9-7-20)30-14-11-23(12-15-30)31-13-10-21-16-28-18-29-26(21)17-31/h2-9,16,18-19,23H,10-15,17H2,1H3. The average molecular weight is 433 g/mol. The molecule has 160 valence electrons. The number of hydrogen-bond acceptors (Lipinski definition) is 4. The van der Waals surface area contributed by atoms with E-state index in [0.717, 1.165) is 37.6 Å². The van der Waals surface area contributed by atoms with E-state index in [1.165, 1.54) is 40.8 Å². The van der Waals surface area contributed by atoms with E-state index >= 15 is 0 Å². The van der Waals surface area contributed by atoms with Crippen LogP contribution in [0.15, 0.2) is 61.1 Å². The van der Waals surface area contributed by atoms with Crippen LogP contribution in [-0.4, -0.2) is 45.4 Å². The average Bonchev–Trinajstić information content (AvgIpc) is 2.84. The van der Waals surface area contributed by atoms with E-state index in [1.54, 1.807) is 6.33 Å². The van der Waals surface area contributed by atoms with Gasteiger partial charge in [0.1, 0.15) is 6.33 Å². The normalized spacial score (nSPS) is 19.2. The van der Waals surface area contributed by atoms with Crippen molar-refractivity contribution >= 4 is 11.6 Å². The molecule has 3 aromatic rings. The van der Waals surface area contributed by atoms with Gasteiger partial charge in [0.25, 0.3) is 0 Å². The quantitative estimate of drug-likeness (QED) is 0.554. The molecule has 5 rings (SSSR count). The third kappa shape index (κ3) is 4.38. The van der Waals surface area contributed by atoms with Gasteiger partial charge < -0.3 is 0 Å². The van der Waals surface area contributed by atoms with E-state index in [1.807, 2.05) is 18.3 Å². The predicted molar refractivity (Wildman–Crippen MR) is 126 cm³/mol. The molecule has 2 aliphatic heterocycles. The minimum atomic E-state index is 0.391. The van der Waals surface area contributed by atoms with Gasteiger partial charge in [0.05, 0.1) is 5.69 Å². The Morgan fingerprint density at radius 1 is 1.00 bits per heavy atom. The Bertz CT molecular complexity index is 1030. The van der Waals surface area contributed by atoms with Crippen LogP contribution in [0.5, 0.6) is 0 Å². The highest BCUT2D eigenvalue weighted by molar-refractivity contribution is 6.30. The Morgan fingerprint density at radius 3 is 2.58 bits per heavy atom. The summed E-state index contributed by atoms with van der Waals surface area (Å²) < 4.78 is 0. The minimum absolute atomic E-state index is 0.391. The highest BCUT2D eigenvalue weighted by Gasteiger charge is 2.30. The van der Waals surface area contributed by atoms with Gasteiger partial charge in [-0.15, -0.1) is 0 Å². The Morgan fingerprint density at radius 2 is 1.77 bits per heavy atom. The summed E-state index contributed by atoms with van der Waals surface area (Å²) in [5.41, 5.74) is 6.47. The molecule has 2 aliphatic rings. The summed E-state index contributed by atoms with van der Waals surface area (Å²) in [7, 11) is 0. The predicted octanol–water partition coefficient (Wildman–Crippen LogP) is 5.38. The molecular weight excluding hydrogens is 404 g/mol. The van der Waals surface area contributed by atoms with E-state index < -0.39 is 0 Å². The van der Waals surface area contributed by atoms with Gasteiger partial charge in [0.15, 0.2) is 0 Å². The van der Waals surface area contributed by atoms with Crippen LogP contribution in [-0.2, 0) is 13.0 Å². The van der Waals surface area contributed by atoms with Gasteiger partial charge in [0.2, 0.25) is 0 Å². The second-order valence-electron chi connectivity index (χ2n) is 8.75. The summed E-state index contributed by atoms with van der Waals surface area (Å²) in [4.78, 5) is 14.0. The van der Waals surface area contributed by atoms with Crippen LogP contribution in [0.25, 0.3) is 11.1 Å². The summed E-state index contributed by atoms with van der Waals surface area (Å²) in [5.74, 6) is 0. The first-order valence-electron chi connectivity index (χ1n) is 11.3. The van der Waals surface area contributed by atoms with Crippen molar-refractivity contribution in [1.82, 2.24) is 19.8 Å². The topological polar surface area (TPSA) is 32.3 Å². The molecule has 3 heterocycles. The Kier molecular flexibility index (Phi) is 6.04. The molecule has 0 amide bonds. The summed E-state index contributed by atoms with van der Waals surface area (Å²) >= 11 is 6.11. The number of rotatable bonds is 4. The maximum Gasteiger partial charge on any atom is 0.115 e. The van der Waals surface area contributed by atoms with E-state index in [4.69, 9.17) is 11.6 Å². The largest absolute Gasteiger partial charge is 0.296 e. The van der Waals surface area contributed by atoms with Crippen LogP contribution in [0.1, 0.15) is 42.6 Å². The maximum absolute atomic E-state index is 6.11. The zero-order valence-corrected chi connectivity index (χ0v) is 18.8. The van der Waals surface area contributed by atoms with Crippen molar-refractivity contribution < 1.29 is 0 Å². The van der Waals surface area contributed by atoms with Crippen LogP contribution in [0.4, 0.5) is 0 Å². The van der Waals surface area contributed by atoms with E-state index in [2.05, 4.69) is 63.1 Å². The lowest BCUT2D eigenvalue weighted by Gasteiger charge is -2.42. The lowest BCUT2D eigenvalue weighted by molar-refractivity contribution is 0.0788. The first kappa shape index (κ1) is 20.6. The molecule has 0 radical (unpaired) electrons. The molecule has 0 spiro atoms. The van der Waals surface area contributed by atoms with Crippen LogP contribution < -0.4 is 0 Å². The second kappa shape index (κ2) is 9.07. The number of nitrogens with zero attached hydrogens (tertiary/aromatic N) is 4. The summed E-state index contributed by atoms with van der Waals surface area (Å²) in [6.07, 6.45) is 7.18. The summed E-state index contributed by atoms with van der Waals surface area (Å²) in [5, 5.41) is 0.781.